The summed E-state index contributed by atoms with van der Waals surface area (Å²) in [6.07, 6.45) is 2.97. The highest BCUT2D eigenvalue weighted by molar-refractivity contribution is 5.67. The van der Waals surface area contributed by atoms with Crippen molar-refractivity contribution in [3.05, 3.63) is 24.1 Å². The first-order valence-electron chi connectivity index (χ1n) is 5.96. The number of nitrogens with zero attached hydrogens (tertiary/aromatic N) is 2. The van der Waals surface area contributed by atoms with Crippen LogP contribution < -0.4 is 5.73 Å². The largest absolute Gasteiger partial charge is 0.460 e. The van der Waals surface area contributed by atoms with Crippen LogP contribution in [0.4, 0.5) is 5.69 Å². The summed E-state index contributed by atoms with van der Waals surface area (Å²) in [7, 11) is 0. The van der Waals surface area contributed by atoms with Gasteiger partial charge in [-0.1, -0.05) is 13.8 Å². The van der Waals surface area contributed by atoms with Crippen molar-refractivity contribution >= 4 is 5.69 Å². The Kier molecular flexibility index (Phi) is 3.22. The van der Waals surface area contributed by atoms with Crippen LogP contribution in [0.3, 0.4) is 0 Å². The zero-order valence-corrected chi connectivity index (χ0v) is 10.6. The van der Waals surface area contributed by atoms with Crippen molar-refractivity contribution in [3.63, 3.8) is 0 Å². The molecule has 0 aliphatic carbocycles. The molecule has 4 nitrogen and oxygen atoms in total. The van der Waals surface area contributed by atoms with E-state index < -0.39 is 0 Å². The van der Waals surface area contributed by atoms with Crippen LogP contribution in [0.1, 0.15) is 26.0 Å². The fourth-order valence-corrected chi connectivity index (χ4v) is 1.70. The van der Waals surface area contributed by atoms with Gasteiger partial charge in [-0.05, 0) is 31.4 Å². The van der Waals surface area contributed by atoms with Crippen molar-refractivity contribution in [3.8, 4) is 11.5 Å². The van der Waals surface area contributed by atoms with Gasteiger partial charge in [0.15, 0.2) is 11.5 Å². The molecule has 17 heavy (non-hydrogen) atoms. The quantitative estimate of drug-likeness (QED) is 0.882. The third-order valence-electron chi connectivity index (χ3n) is 2.70. The lowest BCUT2D eigenvalue weighted by atomic mass is 10.1. The molecule has 0 unspecified atom stereocenters. The Hall–Kier alpha value is -1.71. The number of nitrogen functional groups attached to an aromatic ring is 1. The second-order valence-corrected chi connectivity index (χ2v) is 4.79. The molecule has 0 atom stereocenters. The van der Waals surface area contributed by atoms with Gasteiger partial charge in [-0.2, -0.15) is 5.10 Å². The SMILES string of the molecule is Cc1ccc(-c2nn(CCC(C)C)cc2N)o1. The molecule has 0 spiro atoms. The van der Waals surface area contributed by atoms with Gasteiger partial charge < -0.3 is 10.2 Å². The smallest absolute Gasteiger partial charge is 0.156 e. The summed E-state index contributed by atoms with van der Waals surface area (Å²) >= 11 is 0. The second kappa shape index (κ2) is 4.65. The van der Waals surface area contributed by atoms with E-state index in [1.54, 1.807) is 0 Å². The molecule has 0 aromatic carbocycles. The Labute approximate surface area is 101 Å². The minimum atomic E-state index is 0.662. The zero-order chi connectivity index (χ0) is 12.4. The molecule has 4 heteroatoms. The Morgan fingerprint density at radius 3 is 2.76 bits per heavy atom. The van der Waals surface area contributed by atoms with E-state index >= 15 is 0 Å². The lowest BCUT2D eigenvalue weighted by Crippen LogP contribution is -2.01. The Bertz CT molecular complexity index is 496. The third kappa shape index (κ3) is 2.70. The normalized spacial score (nSPS) is 11.3. The average molecular weight is 233 g/mol. The molecule has 0 aliphatic rings. The summed E-state index contributed by atoms with van der Waals surface area (Å²) in [5.74, 6) is 2.27. The molecule has 2 heterocycles. The maximum absolute atomic E-state index is 5.95. The number of furan rings is 1. The van der Waals surface area contributed by atoms with Crippen LogP contribution in [0.2, 0.25) is 0 Å². The molecule has 0 aliphatic heterocycles. The number of aromatic nitrogens is 2. The standard InChI is InChI=1S/C13H19N3O/c1-9(2)6-7-16-8-11(14)13(15-16)12-5-4-10(3)17-12/h4-5,8-9H,6-7,14H2,1-3H3. The Morgan fingerprint density at radius 2 is 2.18 bits per heavy atom. The number of hydrogen-bond donors (Lipinski definition) is 1. The molecule has 2 aromatic rings. The summed E-state index contributed by atoms with van der Waals surface area (Å²) < 4.78 is 7.42. The van der Waals surface area contributed by atoms with Gasteiger partial charge in [0.2, 0.25) is 0 Å². The van der Waals surface area contributed by atoms with E-state index in [1.807, 2.05) is 29.9 Å². The molecule has 0 bridgehead atoms. The Balaban J connectivity index is 2.19. The van der Waals surface area contributed by atoms with Gasteiger partial charge in [-0.25, -0.2) is 0 Å². The van der Waals surface area contributed by atoms with Crippen LogP contribution in [0.15, 0.2) is 22.7 Å². The zero-order valence-electron chi connectivity index (χ0n) is 10.6. The topological polar surface area (TPSA) is 57.0 Å². The maximum atomic E-state index is 5.95. The molecular formula is C13H19N3O. The van der Waals surface area contributed by atoms with Crippen LogP contribution in [-0.4, -0.2) is 9.78 Å². The van der Waals surface area contributed by atoms with Crippen molar-refractivity contribution in [1.29, 1.82) is 0 Å². The van der Waals surface area contributed by atoms with Crippen molar-refractivity contribution in [1.82, 2.24) is 9.78 Å². The molecule has 0 radical (unpaired) electrons. The molecule has 0 saturated heterocycles. The minimum absolute atomic E-state index is 0.662. The first kappa shape index (κ1) is 11.8. The number of rotatable bonds is 4. The van der Waals surface area contributed by atoms with Gasteiger partial charge >= 0.3 is 0 Å². The predicted molar refractivity (Wildman–Crippen MR) is 68.5 cm³/mol. The number of nitrogens with two attached hydrogens (primary N) is 1. The van der Waals surface area contributed by atoms with Gasteiger partial charge in [0.1, 0.15) is 5.76 Å². The van der Waals surface area contributed by atoms with Gasteiger partial charge in [-0.3, -0.25) is 4.68 Å². The van der Waals surface area contributed by atoms with E-state index in [0.29, 0.717) is 11.6 Å². The van der Waals surface area contributed by atoms with Gasteiger partial charge in [0, 0.05) is 12.7 Å². The highest BCUT2D eigenvalue weighted by Crippen LogP contribution is 2.25. The van der Waals surface area contributed by atoms with Crippen LogP contribution in [-0.2, 0) is 6.54 Å². The molecule has 92 valence electrons. The predicted octanol–water partition coefficient (Wildman–Crippen LogP) is 3.08. The summed E-state index contributed by atoms with van der Waals surface area (Å²) in [6, 6.07) is 3.82. The van der Waals surface area contributed by atoms with E-state index in [1.165, 1.54) is 0 Å². The van der Waals surface area contributed by atoms with Crippen LogP contribution in [0.25, 0.3) is 11.5 Å². The first-order valence-corrected chi connectivity index (χ1v) is 5.96. The monoisotopic (exact) mass is 233 g/mol. The van der Waals surface area contributed by atoms with Crippen molar-refractivity contribution in [2.75, 3.05) is 5.73 Å². The van der Waals surface area contributed by atoms with Crippen LogP contribution in [0.5, 0.6) is 0 Å². The lowest BCUT2D eigenvalue weighted by molar-refractivity contribution is 0.485. The fraction of sp³-hybridized carbons (Fsp3) is 0.462. The van der Waals surface area contributed by atoms with E-state index in [0.717, 1.165) is 30.2 Å². The number of aryl methyl sites for hydroxylation is 2. The molecule has 2 rings (SSSR count). The van der Waals surface area contributed by atoms with E-state index in [9.17, 15) is 0 Å². The summed E-state index contributed by atoms with van der Waals surface area (Å²) in [5, 5.41) is 4.46. The maximum Gasteiger partial charge on any atom is 0.156 e. The summed E-state index contributed by atoms with van der Waals surface area (Å²) in [4.78, 5) is 0. The Morgan fingerprint density at radius 1 is 1.41 bits per heavy atom. The molecular weight excluding hydrogens is 214 g/mol. The van der Waals surface area contributed by atoms with Gasteiger partial charge in [0.05, 0.1) is 5.69 Å². The molecule has 2 N–H and O–H groups in total. The first-order chi connectivity index (χ1) is 8.06. The highest BCUT2D eigenvalue weighted by Gasteiger charge is 2.11. The summed E-state index contributed by atoms with van der Waals surface area (Å²) in [5.41, 5.74) is 7.35. The van der Waals surface area contributed by atoms with Crippen molar-refractivity contribution < 1.29 is 4.42 Å². The average Bonchev–Trinajstić information content (AvgIpc) is 2.82. The van der Waals surface area contributed by atoms with Gasteiger partial charge in [0.25, 0.3) is 0 Å². The summed E-state index contributed by atoms with van der Waals surface area (Å²) in [6.45, 7) is 7.20. The van der Waals surface area contributed by atoms with Crippen LogP contribution in [0, 0.1) is 12.8 Å². The van der Waals surface area contributed by atoms with Crippen molar-refractivity contribution in [2.45, 2.75) is 33.7 Å². The lowest BCUT2D eigenvalue weighted by Gasteiger charge is -2.03. The van der Waals surface area contributed by atoms with Crippen molar-refractivity contribution in [2.24, 2.45) is 5.92 Å². The molecule has 0 amide bonds. The van der Waals surface area contributed by atoms with Crippen LogP contribution >= 0.6 is 0 Å². The second-order valence-electron chi connectivity index (χ2n) is 4.79. The molecule has 0 saturated carbocycles. The fourth-order valence-electron chi connectivity index (χ4n) is 1.70. The van der Waals surface area contributed by atoms with E-state index in [2.05, 4.69) is 18.9 Å². The van der Waals surface area contributed by atoms with E-state index in [4.69, 9.17) is 10.2 Å². The molecule has 2 aromatic heterocycles. The number of anilines is 1. The highest BCUT2D eigenvalue weighted by atomic mass is 16.3. The van der Waals surface area contributed by atoms with E-state index in [-0.39, 0.29) is 0 Å². The minimum Gasteiger partial charge on any atom is -0.460 e. The molecule has 0 fully saturated rings. The third-order valence-corrected chi connectivity index (χ3v) is 2.70. The number of hydrogen-bond acceptors (Lipinski definition) is 3. The van der Waals surface area contributed by atoms with Gasteiger partial charge in [-0.15, -0.1) is 0 Å².